The second kappa shape index (κ2) is 8.41. The third-order valence-electron chi connectivity index (χ3n) is 4.36. The Bertz CT molecular complexity index is 729. The van der Waals surface area contributed by atoms with Crippen molar-refractivity contribution in [3.63, 3.8) is 0 Å². The zero-order valence-corrected chi connectivity index (χ0v) is 16.3. The standard InChI is InChI=1S/C17H17.C5H5.Zr/c1-12-11-16(14-7-3-4-8-14)17(13(12)2)15-9-5-6-10-15;1-2-4-5-3-1;/h3-7,9,11H,8,10H2,1-2H3;1-5H;/q-1;-5;. The van der Waals surface area contributed by atoms with Gasteiger partial charge in [0.1, 0.15) is 0 Å². The van der Waals surface area contributed by atoms with Crippen LogP contribution in [0.25, 0.3) is 11.1 Å². The van der Waals surface area contributed by atoms with Crippen molar-refractivity contribution >= 4 is 11.1 Å². The minimum Gasteiger partial charge on any atom is -0.748 e. The molecule has 1 heteroatoms. The molecule has 2 aliphatic rings. The summed E-state index contributed by atoms with van der Waals surface area (Å²) in [4.78, 5) is 0. The zero-order valence-electron chi connectivity index (χ0n) is 13.8. The van der Waals surface area contributed by atoms with E-state index in [0.29, 0.717) is 0 Å². The second-order valence-corrected chi connectivity index (χ2v) is 5.85. The number of aryl methyl sites for hydroxylation is 1. The first-order valence-corrected chi connectivity index (χ1v) is 7.93. The van der Waals surface area contributed by atoms with E-state index in [1.807, 2.05) is 30.3 Å². The summed E-state index contributed by atoms with van der Waals surface area (Å²) in [6, 6.07) is 12.3. The molecule has 0 radical (unpaired) electrons. The van der Waals surface area contributed by atoms with Crippen LogP contribution in [0.15, 0.2) is 72.9 Å². The van der Waals surface area contributed by atoms with Crippen LogP contribution in [-0.4, -0.2) is 0 Å². The Labute approximate surface area is 158 Å². The van der Waals surface area contributed by atoms with Crippen LogP contribution in [0.3, 0.4) is 0 Å². The largest absolute Gasteiger partial charge is 0.748 e. The molecule has 0 spiro atoms. The molecule has 120 valence electrons. The maximum atomic E-state index is 2.35. The Morgan fingerprint density at radius 1 is 0.870 bits per heavy atom. The molecule has 0 bridgehead atoms. The van der Waals surface area contributed by atoms with Crippen molar-refractivity contribution in [2.24, 2.45) is 0 Å². The molecule has 2 aliphatic carbocycles. The fourth-order valence-electron chi connectivity index (χ4n) is 3.06. The molecule has 0 aliphatic heterocycles. The normalized spacial score (nSPS) is 14.9. The van der Waals surface area contributed by atoms with Gasteiger partial charge in [-0.25, -0.2) is 0 Å². The van der Waals surface area contributed by atoms with Crippen molar-refractivity contribution in [3.05, 3.63) is 95.1 Å². The van der Waals surface area contributed by atoms with Gasteiger partial charge in [0.2, 0.25) is 0 Å². The van der Waals surface area contributed by atoms with Gasteiger partial charge in [0.05, 0.1) is 0 Å². The molecule has 0 fully saturated rings. The smallest absolute Gasteiger partial charge is 0 e. The summed E-state index contributed by atoms with van der Waals surface area (Å²) in [5, 5.41) is 0. The van der Waals surface area contributed by atoms with E-state index in [2.05, 4.69) is 56.4 Å². The van der Waals surface area contributed by atoms with Crippen molar-refractivity contribution in [2.75, 3.05) is 0 Å². The molecule has 0 N–H and O–H groups in total. The summed E-state index contributed by atoms with van der Waals surface area (Å²) in [6.07, 6.45) is 15.5. The van der Waals surface area contributed by atoms with E-state index in [4.69, 9.17) is 0 Å². The van der Waals surface area contributed by atoms with Crippen molar-refractivity contribution in [1.29, 1.82) is 0 Å². The van der Waals surface area contributed by atoms with Gasteiger partial charge < -0.3 is 30.3 Å². The predicted molar refractivity (Wildman–Crippen MR) is 97.0 cm³/mol. The predicted octanol–water partition coefficient (Wildman–Crippen LogP) is 6.11. The molecule has 0 nitrogen and oxygen atoms in total. The van der Waals surface area contributed by atoms with E-state index in [0.717, 1.165) is 12.8 Å². The van der Waals surface area contributed by atoms with Gasteiger partial charge in [-0.15, -0.1) is 11.1 Å². The topological polar surface area (TPSA) is 0 Å². The Morgan fingerprint density at radius 3 is 1.87 bits per heavy atom. The van der Waals surface area contributed by atoms with E-state index in [-0.39, 0.29) is 26.2 Å². The molecule has 0 saturated carbocycles. The van der Waals surface area contributed by atoms with Gasteiger partial charge in [-0.05, 0) is 12.8 Å². The molecular weight excluding hydrogens is 355 g/mol. The Morgan fingerprint density at radius 2 is 1.39 bits per heavy atom. The first-order chi connectivity index (χ1) is 10.8. The van der Waals surface area contributed by atoms with Gasteiger partial charge >= 0.3 is 0 Å². The number of hydrogen-bond acceptors (Lipinski definition) is 0. The van der Waals surface area contributed by atoms with Crippen molar-refractivity contribution in [1.82, 2.24) is 0 Å². The summed E-state index contributed by atoms with van der Waals surface area (Å²) in [7, 11) is 0. The van der Waals surface area contributed by atoms with Crippen LogP contribution in [0.1, 0.15) is 35.1 Å². The summed E-state index contributed by atoms with van der Waals surface area (Å²) in [6.45, 7) is 4.46. The van der Waals surface area contributed by atoms with Crippen LogP contribution in [0.4, 0.5) is 0 Å². The zero-order chi connectivity index (χ0) is 15.4. The maximum absolute atomic E-state index is 2.35. The fraction of sp³-hybridized carbons (Fsp3) is 0.182. The maximum Gasteiger partial charge on any atom is 0 e. The molecule has 0 unspecified atom stereocenters. The third kappa shape index (κ3) is 4.09. The molecule has 0 heterocycles. The van der Waals surface area contributed by atoms with Crippen LogP contribution < -0.4 is 0 Å². The van der Waals surface area contributed by atoms with Crippen LogP contribution in [0, 0.1) is 13.8 Å². The summed E-state index contributed by atoms with van der Waals surface area (Å²) in [5.41, 5.74) is 8.71. The van der Waals surface area contributed by atoms with Crippen molar-refractivity contribution < 1.29 is 26.2 Å². The quantitative estimate of drug-likeness (QED) is 0.554. The Hall–Kier alpha value is -1.46. The van der Waals surface area contributed by atoms with E-state index >= 15 is 0 Å². The van der Waals surface area contributed by atoms with Gasteiger partial charge in [0, 0.05) is 26.2 Å². The van der Waals surface area contributed by atoms with E-state index in [1.165, 1.54) is 33.4 Å². The summed E-state index contributed by atoms with van der Waals surface area (Å²) in [5.74, 6) is 0. The Balaban J connectivity index is 0.000000276. The molecule has 4 rings (SSSR count). The van der Waals surface area contributed by atoms with E-state index in [9.17, 15) is 0 Å². The van der Waals surface area contributed by atoms with Crippen molar-refractivity contribution in [2.45, 2.75) is 26.7 Å². The van der Waals surface area contributed by atoms with Gasteiger partial charge in [-0.3, -0.25) is 0 Å². The molecular formula is C22H22Zr-6. The SMILES string of the molecule is Cc1c(C2=CC=CC2)c(C2=CC=CC2)c[c-]1C.[Zr].[cH-]1[cH-][cH-][cH-][cH-]1. The molecule has 2 aromatic rings. The van der Waals surface area contributed by atoms with Crippen LogP contribution >= 0.6 is 0 Å². The monoisotopic (exact) mass is 376 g/mol. The molecule has 2 aromatic carbocycles. The van der Waals surface area contributed by atoms with E-state index < -0.39 is 0 Å². The summed E-state index contributed by atoms with van der Waals surface area (Å²) < 4.78 is 0. The number of rotatable bonds is 2. The summed E-state index contributed by atoms with van der Waals surface area (Å²) >= 11 is 0. The van der Waals surface area contributed by atoms with Gasteiger partial charge in [-0.1, -0.05) is 50.3 Å². The van der Waals surface area contributed by atoms with Gasteiger partial charge in [0.15, 0.2) is 0 Å². The first kappa shape index (κ1) is 17.9. The first-order valence-electron chi connectivity index (χ1n) is 7.93. The molecule has 23 heavy (non-hydrogen) atoms. The number of allylic oxidation sites excluding steroid dienone is 8. The minimum absolute atomic E-state index is 0. The van der Waals surface area contributed by atoms with Gasteiger partial charge in [-0.2, -0.15) is 28.3 Å². The van der Waals surface area contributed by atoms with E-state index in [1.54, 1.807) is 0 Å². The third-order valence-corrected chi connectivity index (χ3v) is 4.36. The Kier molecular flexibility index (Phi) is 6.54. The number of hydrogen-bond donors (Lipinski definition) is 0. The fourth-order valence-corrected chi connectivity index (χ4v) is 3.06. The van der Waals surface area contributed by atoms with Gasteiger partial charge in [0.25, 0.3) is 0 Å². The van der Waals surface area contributed by atoms with Crippen LogP contribution in [0.2, 0.25) is 0 Å². The molecule has 0 atom stereocenters. The van der Waals surface area contributed by atoms with Crippen LogP contribution in [-0.2, 0) is 26.2 Å². The molecule has 0 saturated heterocycles. The van der Waals surface area contributed by atoms with Crippen molar-refractivity contribution in [3.8, 4) is 0 Å². The molecule has 0 aromatic heterocycles. The average molecular weight is 378 g/mol. The average Bonchev–Trinajstić information content (AvgIpc) is 3.31. The minimum atomic E-state index is 0. The second-order valence-electron chi connectivity index (χ2n) is 5.85. The van der Waals surface area contributed by atoms with Crippen LogP contribution in [0.5, 0.6) is 0 Å². The molecule has 0 amide bonds.